The number of piperidine rings is 1. The van der Waals surface area contributed by atoms with Crippen LogP contribution in [-0.4, -0.2) is 28.5 Å². The highest BCUT2D eigenvalue weighted by molar-refractivity contribution is 5.93. The van der Waals surface area contributed by atoms with Gasteiger partial charge in [-0.1, -0.05) is 31.2 Å². The van der Waals surface area contributed by atoms with Crippen LogP contribution >= 0.6 is 0 Å². The molecular weight excluding hydrogens is 312 g/mol. The maximum absolute atomic E-state index is 12.3. The minimum atomic E-state index is -0.138. The van der Waals surface area contributed by atoms with E-state index in [1.807, 2.05) is 31.2 Å². The Balaban J connectivity index is 1.63. The number of aryl methyl sites for hydroxylation is 1. The van der Waals surface area contributed by atoms with Crippen molar-refractivity contribution in [2.24, 2.45) is 0 Å². The third-order valence-electron chi connectivity index (χ3n) is 4.96. The van der Waals surface area contributed by atoms with E-state index >= 15 is 0 Å². The molecule has 1 unspecified atom stereocenters. The van der Waals surface area contributed by atoms with E-state index in [0.717, 1.165) is 24.5 Å². The van der Waals surface area contributed by atoms with Crippen LogP contribution in [0.15, 0.2) is 36.7 Å². The van der Waals surface area contributed by atoms with E-state index in [0.29, 0.717) is 18.2 Å². The summed E-state index contributed by atoms with van der Waals surface area (Å²) in [5.74, 6) is 0.600. The van der Waals surface area contributed by atoms with Gasteiger partial charge in [0.25, 0.3) is 5.91 Å². The van der Waals surface area contributed by atoms with Gasteiger partial charge in [0.05, 0.1) is 5.56 Å². The fourth-order valence-electron chi connectivity index (χ4n) is 3.36. The highest BCUT2D eigenvalue weighted by Gasteiger charge is 2.23. The normalized spacial score (nSPS) is 17.4. The van der Waals surface area contributed by atoms with Gasteiger partial charge in [-0.15, -0.1) is 0 Å². The van der Waals surface area contributed by atoms with Gasteiger partial charge in [-0.25, -0.2) is 9.97 Å². The van der Waals surface area contributed by atoms with Crippen LogP contribution < -0.4 is 10.2 Å². The molecule has 1 aromatic carbocycles. The Morgan fingerprint density at radius 1 is 1.24 bits per heavy atom. The fraction of sp³-hybridized carbons (Fsp3) is 0.450. The van der Waals surface area contributed by atoms with Gasteiger partial charge in [0, 0.05) is 31.5 Å². The van der Waals surface area contributed by atoms with Crippen LogP contribution in [0.25, 0.3) is 0 Å². The molecule has 1 fully saturated rings. The largest absolute Gasteiger partial charge is 0.348 e. The van der Waals surface area contributed by atoms with E-state index in [1.165, 1.54) is 24.8 Å². The highest BCUT2D eigenvalue weighted by atomic mass is 16.1. The number of amides is 1. The standard InChI is InChI=1S/C20H26N4O/c1-3-18-10-6-7-11-24(18)20-22-13-17(14-23-20)19(25)21-12-16-9-5-4-8-15(16)2/h4-5,8-9,13-14,18H,3,6-7,10-12H2,1-2H3,(H,21,25). The molecule has 0 aliphatic carbocycles. The number of hydrogen-bond acceptors (Lipinski definition) is 4. The lowest BCUT2D eigenvalue weighted by Crippen LogP contribution is -2.40. The Kier molecular flexibility index (Phi) is 5.64. The molecular formula is C20H26N4O. The molecule has 1 amide bonds. The van der Waals surface area contributed by atoms with Gasteiger partial charge < -0.3 is 10.2 Å². The smallest absolute Gasteiger partial charge is 0.254 e. The zero-order valence-electron chi connectivity index (χ0n) is 15.0. The van der Waals surface area contributed by atoms with E-state index in [-0.39, 0.29) is 5.91 Å². The summed E-state index contributed by atoms with van der Waals surface area (Å²) in [6.07, 6.45) is 8.02. The molecule has 1 atom stereocenters. The number of rotatable bonds is 5. The van der Waals surface area contributed by atoms with Crippen LogP contribution in [0, 0.1) is 6.92 Å². The summed E-state index contributed by atoms with van der Waals surface area (Å²) in [5.41, 5.74) is 2.79. The highest BCUT2D eigenvalue weighted by Crippen LogP contribution is 2.23. The zero-order chi connectivity index (χ0) is 17.6. The number of benzene rings is 1. The Morgan fingerprint density at radius 3 is 2.72 bits per heavy atom. The summed E-state index contributed by atoms with van der Waals surface area (Å²) >= 11 is 0. The molecule has 1 saturated heterocycles. The minimum absolute atomic E-state index is 0.138. The summed E-state index contributed by atoms with van der Waals surface area (Å²) in [5, 5.41) is 2.94. The molecule has 5 heteroatoms. The molecule has 1 aliphatic rings. The lowest BCUT2D eigenvalue weighted by atomic mass is 10.0. The first kappa shape index (κ1) is 17.4. The molecule has 2 heterocycles. The van der Waals surface area contributed by atoms with Crippen LogP contribution in [0.5, 0.6) is 0 Å². The van der Waals surface area contributed by atoms with E-state index in [9.17, 15) is 4.79 Å². The molecule has 1 N–H and O–H groups in total. The molecule has 1 aliphatic heterocycles. The van der Waals surface area contributed by atoms with Crippen LogP contribution in [0.3, 0.4) is 0 Å². The average molecular weight is 338 g/mol. The van der Waals surface area contributed by atoms with Crippen LogP contribution in [0.4, 0.5) is 5.95 Å². The van der Waals surface area contributed by atoms with Crippen LogP contribution in [-0.2, 0) is 6.54 Å². The van der Waals surface area contributed by atoms with E-state index in [1.54, 1.807) is 12.4 Å². The number of carbonyl (C=O) groups is 1. The SMILES string of the molecule is CCC1CCCCN1c1ncc(C(=O)NCc2ccccc2C)cn1. The van der Waals surface area contributed by atoms with Crippen molar-refractivity contribution in [3.05, 3.63) is 53.3 Å². The van der Waals surface area contributed by atoms with Gasteiger partial charge in [-0.05, 0) is 43.7 Å². The lowest BCUT2D eigenvalue weighted by Gasteiger charge is -2.35. The second kappa shape index (κ2) is 8.10. The second-order valence-corrected chi connectivity index (χ2v) is 6.63. The van der Waals surface area contributed by atoms with Gasteiger partial charge in [0.2, 0.25) is 5.95 Å². The first-order valence-electron chi connectivity index (χ1n) is 9.10. The van der Waals surface area contributed by atoms with Crippen molar-refractivity contribution in [1.29, 1.82) is 0 Å². The molecule has 3 rings (SSSR count). The van der Waals surface area contributed by atoms with Gasteiger partial charge in [-0.3, -0.25) is 4.79 Å². The number of hydrogen-bond donors (Lipinski definition) is 1. The Hall–Kier alpha value is -2.43. The quantitative estimate of drug-likeness (QED) is 0.907. The number of anilines is 1. The van der Waals surface area contributed by atoms with Crippen molar-refractivity contribution < 1.29 is 4.79 Å². The maximum atomic E-state index is 12.3. The van der Waals surface area contributed by atoms with E-state index in [4.69, 9.17) is 0 Å². The Morgan fingerprint density at radius 2 is 2.00 bits per heavy atom. The summed E-state index contributed by atoms with van der Waals surface area (Å²) < 4.78 is 0. The van der Waals surface area contributed by atoms with Gasteiger partial charge in [-0.2, -0.15) is 0 Å². The van der Waals surface area contributed by atoms with Crippen LogP contribution in [0.2, 0.25) is 0 Å². The molecule has 0 bridgehead atoms. The molecule has 0 saturated carbocycles. The molecule has 2 aromatic rings. The number of nitrogens with zero attached hydrogens (tertiary/aromatic N) is 3. The summed E-state index contributed by atoms with van der Waals surface area (Å²) in [7, 11) is 0. The third kappa shape index (κ3) is 4.16. The van der Waals surface area contributed by atoms with Crippen molar-refractivity contribution in [3.8, 4) is 0 Å². The van der Waals surface area contributed by atoms with E-state index in [2.05, 4.69) is 27.1 Å². The fourth-order valence-corrected chi connectivity index (χ4v) is 3.36. The van der Waals surface area contributed by atoms with Crippen LogP contribution in [0.1, 0.15) is 54.1 Å². The third-order valence-corrected chi connectivity index (χ3v) is 4.96. The molecule has 5 nitrogen and oxygen atoms in total. The summed E-state index contributed by atoms with van der Waals surface area (Å²) in [6, 6.07) is 8.56. The molecule has 25 heavy (non-hydrogen) atoms. The Labute approximate surface area is 149 Å². The predicted octanol–water partition coefficient (Wildman–Crippen LogP) is 3.48. The topological polar surface area (TPSA) is 58.1 Å². The zero-order valence-corrected chi connectivity index (χ0v) is 15.0. The lowest BCUT2D eigenvalue weighted by molar-refractivity contribution is 0.0950. The van der Waals surface area contributed by atoms with Crippen molar-refractivity contribution in [2.75, 3.05) is 11.4 Å². The van der Waals surface area contributed by atoms with Crippen molar-refractivity contribution in [3.63, 3.8) is 0 Å². The Bertz CT molecular complexity index is 714. The average Bonchev–Trinajstić information content (AvgIpc) is 2.67. The van der Waals surface area contributed by atoms with Gasteiger partial charge in [0.15, 0.2) is 0 Å². The summed E-state index contributed by atoms with van der Waals surface area (Å²) in [6.45, 7) is 5.76. The molecule has 132 valence electrons. The first-order valence-corrected chi connectivity index (χ1v) is 9.10. The first-order chi connectivity index (χ1) is 12.2. The molecule has 1 aromatic heterocycles. The monoisotopic (exact) mass is 338 g/mol. The molecule has 0 radical (unpaired) electrons. The number of aromatic nitrogens is 2. The molecule has 0 spiro atoms. The number of carbonyl (C=O) groups excluding carboxylic acids is 1. The van der Waals surface area contributed by atoms with Gasteiger partial charge in [0.1, 0.15) is 0 Å². The maximum Gasteiger partial charge on any atom is 0.254 e. The number of nitrogens with one attached hydrogen (secondary N) is 1. The van der Waals surface area contributed by atoms with Crippen molar-refractivity contribution >= 4 is 11.9 Å². The van der Waals surface area contributed by atoms with E-state index < -0.39 is 0 Å². The minimum Gasteiger partial charge on any atom is -0.348 e. The van der Waals surface area contributed by atoms with Crippen molar-refractivity contribution in [2.45, 2.75) is 52.1 Å². The summed E-state index contributed by atoms with van der Waals surface area (Å²) in [4.78, 5) is 23.5. The van der Waals surface area contributed by atoms with Crippen molar-refractivity contribution in [1.82, 2.24) is 15.3 Å². The second-order valence-electron chi connectivity index (χ2n) is 6.63. The van der Waals surface area contributed by atoms with Gasteiger partial charge >= 0.3 is 0 Å². The predicted molar refractivity (Wildman–Crippen MR) is 99.7 cm³/mol.